The second kappa shape index (κ2) is 9.36. The van der Waals surface area contributed by atoms with Crippen LogP contribution in [0.4, 0.5) is 0 Å². The number of rotatable bonds is 8. The van der Waals surface area contributed by atoms with Crippen molar-refractivity contribution in [1.29, 1.82) is 0 Å². The summed E-state index contributed by atoms with van der Waals surface area (Å²) in [6.45, 7) is 7.79. The maximum absolute atomic E-state index is 12.8. The van der Waals surface area contributed by atoms with E-state index in [0.717, 1.165) is 32.8 Å². The summed E-state index contributed by atoms with van der Waals surface area (Å²) in [7, 11) is 1.84. The standard InChI is InChI=1S/C20H29N3O5/c1-14(20(25)16-4-5-17-18(12-16)28-13-27-17)22(3)15(2)21-19(24)6-7-23-8-10-26-11-9-23/h4-5,12,14-15H,6-11,13H2,1-3H3,(H,21,24). The van der Waals surface area contributed by atoms with Crippen molar-refractivity contribution in [3.05, 3.63) is 23.8 Å². The molecule has 0 saturated carbocycles. The van der Waals surface area contributed by atoms with E-state index in [2.05, 4.69) is 10.2 Å². The zero-order chi connectivity index (χ0) is 20.1. The van der Waals surface area contributed by atoms with Gasteiger partial charge in [-0.15, -0.1) is 0 Å². The lowest BCUT2D eigenvalue weighted by Gasteiger charge is -2.31. The molecule has 0 spiro atoms. The van der Waals surface area contributed by atoms with E-state index in [1.54, 1.807) is 18.2 Å². The van der Waals surface area contributed by atoms with Crippen LogP contribution in [0.1, 0.15) is 30.6 Å². The first-order chi connectivity index (χ1) is 13.5. The molecule has 1 fully saturated rings. The van der Waals surface area contributed by atoms with Crippen LogP contribution in [-0.4, -0.2) is 80.4 Å². The highest BCUT2D eigenvalue weighted by Gasteiger charge is 2.26. The second-order valence-corrected chi connectivity index (χ2v) is 7.22. The number of ketones is 1. The number of hydrogen-bond acceptors (Lipinski definition) is 7. The minimum Gasteiger partial charge on any atom is -0.454 e. The molecule has 2 heterocycles. The molecular formula is C20H29N3O5. The lowest BCUT2D eigenvalue weighted by atomic mass is 10.0. The van der Waals surface area contributed by atoms with Crippen molar-refractivity contribution in [3.8, 4) is 11.5 Å². The molecule has 2 unspecified atom stereocenters. The van der Waals surface area contributed by atoms with Crippen LogP contribution >= 0.6 is 0 Å². The number of morpholine rings is 1. The Kier molecular flexibility index (Phi) is 6.88. The zero-order valence-electron chi connectivity index (χ0n) is 16.8. The Morgan fingerprint density at radius 1 is 1.18 bits per heavy atom. The average molecular weight is 391 g/mol. The number of carbonyl (C=O) groups is 2. The molecule has 2 aliphatic rings. The number of benzene rings is 1. The van der Waals surface area contributed by atoms with E-state index in [1.807, 2.05) is 25.8 Å². The van der Waals surface area contributed by atoms with Crippen molar-refractivity contribution in [2.45, 2.75) is 32.5 Å². The van der Waals surface area contributed by atoms with Gasteiger partial charge in [-0.05, 0) is 39.1 Å². The number of Topliss-reactive ketones (excluding diaryl/α,β-unsaturated/α-hetero) is 1. The normalized spacial score (nSPS) is 18.7. The Balaban J connectivity index is 1.49. The summed E-state index contributed by atoms with van der Waals surface area (Å²) in [5.74, 6) is 1.19. The first-order valence-electron chi connectivity index (χ1n) is 9.71. The lowest BCUT2D eigenvalue weighted by molar-refractivity contribution is -0.123. The molecule has 1 aromatic rings. The van der Waals surface area contributed by atoms with Gasteiger partial charge in [-0.3, -0.25) is 19.4 Å². The van der Waals surface area contributed by atoms with Gasteiger partial charge in [0.2, 0.25) is 12.7 Å². The summed E-state index contributed by atoms with van der Waals surface area (Å²) in [4.78, 5) is 29.2. The molecule has 28 heavy (non-hydrogen) atoms. The van der Waals surface area contributed by atoms with Gasteiger partial charge < -0.3 is 19.5 Å². The predicted octanol–water partition coefficient (Wildman–Crippen LogP) is 1.10. The number of fused-ring (bicyclic) bond motifs is 1. The Morgan fingerprint density at radius 3 is 2.64 bits per heavy atom. The average Bonchev–Trinajstić information content (AvgIpc) is 3.19. The molecule has 3 rings (SSSR count). The molecule has 1 aromatic carbocycles. The molecule has 0 aromatic heterocycles. The largest absolute Gasteiger partial charge is 0.454 e. The minimum atomic E-state index is -0.394. The summed E-state index contributed by atoms with van der Waals surface area (Å²) >= 11 is 0. The molecule has 1 saturated heterocycles. The molecule has 0 bridgehead atoms. The maximum atomic E-state index is 12.8. The molecule has 0 aliphatic carbocycles. The predicted molar refractivity (Wildman–Crippen MR) is 104 cm³/mol. The number of carbonyl (C=O) groups excluding carboxylic acids is 2. The van der Waals surface area contributed by atoms with Gasteiger partial charge in [-0.1, -0.05) is 0 Å². The lowest BCUT2D eigenvalue weighted by Crippen LogP contribution is -2.50. The molecule has 8 heteroatoms. The summed E-state index contributed by atoms with van der Waals surface area (Å²) < 4.78 is 16.0. The van der Waals surface area contributed by atoms with Crippen LogP contribution < -0.4 is 14.8 Å². The fourth-order valence-corrected chi connectivity index (χ4v) is 3.30. The van der Waals surface area contributed by atoms with Crippen LogP contribution in [0.3, 0.4) is 0 Å². The summed E-state index contributed by atoms with van der Waals surface area (Å²) in [5, 5.41) is 2.98. The third kappa shape index (κ3) is 5.01. The van der Waals surface area contributed by atoms with E-state index < -0.39 is 6.04 Å². The van der Waals surface area contributed by atoms with Gasteiger partial charge in [-0.2, -0.15) is 0 Å². The highest BCUT2D eigenvalue weighted by Crippen LogP contribution is 2.33. The first-order valence-corrected chi connectivity index (χ1v) is 9.71. The van der Waals surface area contributed by atoms with Crippen molar-refractivity contribution in [3.63, 3.8) is 0 Å². The van der Waals surface area contributed by atoms with Gasteiger partial charge in [0.15, 0.2) is 17.3 Å². The number of likely N-dealkylation sites (N-methyl/N-ethyl adjacent to an activating group) is 1. The fraction of sp³-hybridized carbons (Fsp3) is 0.600. The zero-order valence-corrected chi connectivity index (χ0v) is 16.8. The van der Waals surface area contributed by atoms with Crippen LogP contribution in [0, 0.1) is 0 Å². The fourth-order valence-electron chi connectivity index (χ4n) is 3.30. The summed E-state index contributed by atoms with van der Waals surface area (Å²) in [5.41, 5.74) is 0.564. The van der Waals surface area contributed by atoms with Crippen LogP contribution in [0.5, 0.6) is 11.5 Å². The van der Waals surface area contributed by atoms with Crippen LogP contribution in [0.25, 0.3) is 0 Å². The Morgan fingerprint density at radius 2 is 1.89 bits per heavy atom. The van der Waals surface area contributed by atoms with Crippen LogP contribution in [0.15, 0.2) is 18.2 Å². The van der Waals surface area contributed by atoms with Crippen molar-refractivity contribution in [2.24, 2.45) is 0 Å². The van der Waals surface area contributed by atoms with E-state index in [-0.39, 0.29) is 24.6 Å². The summed E-state index contributed by atoms with van der Waals surface area (Å²) in [6.07, 6.45) is 0.174. The molecule has 8 nitrogen and oxygen atoms in total. The highest BCUT2D eigenvalue weighted by molar-refractivity contribution is 6.00. The molecule has 2 aliphatic heterocycles. The first kappa shape index (κ1) is 20.6. The van der Waals surface area contributed by atoms with Gasteiger partial charge in [0.25, 0.3) is 0 Å². The molecule has 1 N–H and O–H groups in total. The number of nitrogens with zero attached hydrogens (tertiary/aromatic N) is 2. The smallest absolute Gasteiger partial charge is 0.231 e. The van der Waals surface area contributed by atoms with E-state index in [0.29, 0.717) is 23.5 Å². The Labute approximate surface area is 165 Å². The van der Waals surface area contributed by atoms with E-state index in [9.17, 15) is 9.59 Å². The maximum Gasteiger partial charge on any atom is 0.231 e. The van der Waals surface area contributed by atoms with Gasteiger partial charge in [-0.25, -0.2) is 0 Å². The third-order valence-electron chi connectivity index (χ3n) is 5.39. The van der Waals surface area contributed by atoms with Gasteiger partial charge in [0.05, 0.1) is 25.4 Å². The Bertz CT molecular complexity index is 705. The number of amides is 1. The van der Waals surface area contributed by atoms with E-state index >= 15 is 0 Å². The monoisotopic (exact) mass is 391 g/mol. The third-order valence-corrected chi connectivity index (χ3v) is 5.39. The van der Waals surface area contributed by atoms with E-state index in [1.165, 1.54) is 0 Å². The summed E-state index contributed by atoms with van der Waals surface area (Å²) in [6, 6.07) is 4.81. The Hall–Kier alpha value is -2.16. The van der Waals surface area contributed by atoms with Crippen molar-refractivity contribution >= 4 is 11.7 Å². The van der Waals surface area contributed by atoms with Crippen LogP contribution in [-0.2, 0) is 9.53 Å². The molecular weight excluding hydrogens is 362 g/mol. The van der Waals surface area contributed by atoms with Crippen molar-refractivity contribution < 1.29 is 23.8 Å². The van der Waals surface area contributed by atoms with Gasteiger partial charge in [0, 0.05) is 31.6 Å². The number of ether oxygens (including phenoxy) is 3. The number of hydrogen-bond donors (Lipinski definition) is 1. The topological polar surface area (TPSA) is 80.3 Å². The molecule has 1 amide bonds. The molecule has 0 radical (unpaired) electrons. The van der Waals surface area contributed by atoms with Gasteiger partial charge in [0.1, 0.15) is 0 Å². The molecule has 2 atom stereocenters. The SMILES string of the molecule is CC(NC(=O)CCN1CCOCC1)N(C)C(C)C(=O)c1ccc2c(c1)OCO2. The molecule has 154 valence electrons. The van der Waals surface area contributed by atoms with E-state index in [4.69, 9.17) is 14.2 Å². The van der Waals surface area contributed by atoms with Gasteiger partial charge >= 0.3 is 0 Å². The minimum absolute atomic E-state index is 0.0198. The quantitative estimate of drug-likeness (QED) is 0.525. The van der Waals surface area contributed by atoms with Crippen molar-refractivity contribution in [2.75, 3.05) is 46.7 Å². The number of nitrogens with one attached hydrogen (secondary N) is 1. The van der Waals surface area contributed by atoms with Crippen LogP contribution in [0.2, 0.25) is 0 Å². The highest BCUT2D eigenvalue weighted by atomic mass is 16.7. The van der Waals surface area contributed by atoms with Crippen molar-refractivity contribution in [1.82, 2.24) is 15.1 Å². The second-order valence-electron chi connectivity index (χ2n) is 7.22.